The summed E-state index contributed by atoms with van der Waals surface area (Å²) in [6.45, 7) is 2.52. The highest BCUT2D eigenvalue weighted by Crippen LogP contribution is 2.24. The Bertz CT molecular complexity index is 688. The minimum absolute atomic E-state index is 0.0662. The molecule has 2 aliphatic rings. The van der Waals surface area contributed by atoms with Crippen LogP contribution < -0.4 is 10.2 Å². The summed E-state index contributed by atoms with van der Waals surface area (Å²) in [6, 6.07) is 6.97. The molecule has 2 atom stereocenters. The molecule has 1 aliphatic heterocycles. The zero-order valence-electron chi connectivity index (χ0n) is 15.2. The Hall–Kier alpha value is -2.37. The number of nitrogens with zero attached hydrogens (tertiary/aromatic N) is 1. The molecule has 1 heterocycles. The number of rotatable bonds is 5. The van der Waals surface area contributed by atoms with Crippen LogP contribution in [-0.4, -0.2) is 37.0 Å². The zero-order valence-corrected chi connectivity index (χ0v) is 15.2. The lowest BCUT2D eigenvalue weighted by atomic mass is 9.86. The van der Waals surface area contributed by atoms with E-state index < -0.39 is 5.97 Å². The van der Waals surface area contributed by atoms with Crippen LogP contribution >= 0.6 is 0 Å². The molecule has 0 aromatic heterocycles. The fourth-order valence-electron chi connectivity index (χ4n) is 3.72. The van der Waals surface area contributed by atoms with Gasteiger partial charge >= 0.3 is 5.97 Å². The molecule has 6 nitrogen and oxygen atoms in total. The monoisotopic (exact) mass is 358 g/mol. The summed E-state index contributed by atoms with van der Waals surface area (Å²) in [6.07, 6.45) is 5.79. The van der Waals surface area contributed by atoms with Crippen LogP contribution in [0.4, 0.5) is 5.69 Å². The van der Waals surface area contributed by atoms with E-state index in [2.05, 4.69) is 12.2 Å². The van der Waals surface area contributed by atoms with Gasteiger partial charge in [0.05, 0.1) is 5.56 Å². The average Bonchev–Trinajstić information content (AvgIpc) is 3.08. The smallest absolute Gasteiger partial charge is 0.338 e. The number of carbonyl (C=O) groups is 3. The molecule has 6 heteroatoms. The van der Waals surface area contributed by atoms with Gasteiger partial charge in [-0.1, -0.05) is 25.8 Å². The summed E-state index contributed by atoms with van der Waals surface area (Å²) in [5, 5.41) is 2.97. The third-order valence-corrected chi connectivity index (χ3v) is 5.26. The number of ether oxygens (including phenoxy) is 1. The molecule has 1 saturated carbocycles. The quantitative estimate of drug-likeness (QED) is 0.821. The highest BCUT2D eigenvalue weighted by molar-refractivity contribution is 5.97. The third-order valence-electron chi connectivity index (χ3n) is 5.26. The third kappa shape index (κ3) is 4.42. The Balaban J connectivity index is 1.53. The lowest BCUT2D eigenvalue weighted by molar-refractivity contribution is -0.125. The normalized spacial score (nSPS) is 23.0. The van der Waals surface area contributed by atoms with Gasteiger partial charge in [0.25, 0.3) is 5.91 Å². The summed E-state index contributed by atoms with van der Waals surface area (Å²) in [7, 11) is 0. The summed E-state index contributed by atoms with van der Waals surface area (Å²) in [5.74, 6) is -0.289. The Morgan fingerprint density at radius 3 is 2.77 bits per heavy atom. The Morgan fingerprint density at radius 2 is 2.04 bits per heavy atom. The second-order valence-corrected chi connectivity index (χ2v) is 7.21. The van der Waals surface area contributed by atoms with E-state index in [0.717, 1.165) is 25.7 Å². The Labute approximate surface area is 153 Å². The molecule has 3 rings (SSSR count). The molecule has 1 saturated heterocycles. The highest BCUT2D eigenvalue weighted by Gasteiger charge is 2.24. The topological polar surface area (TPSA) is 75.7 Å². The summed E-state index contributed by atoms with van der Waals surface area (Å²) in [5.41, 5.74) is 1.04. The van der Waals surface area contributed by atoms with Gasteiger partial charge in [-0.25, -0.2) is 4.79 Å². The van der Waals surface area contributed by atoms with E-state index >= 15 is 0 Å². The number of esters is 1. The van der Waals surface area contributed by atoms with E-state index in [1.165, 1.54) is 6.42 Å². The summed E-state index contributed by atoms with van der Waals surface area (Å²) < 4.78 is 5.16. The molecular formula is C20H26N2O4. The first kappa shape index (κ1) is 18.4. The van der Waals surface area contributed by atoms with Crippen molar-refractivity contribution in [3.05, 3.63) is 29.8 Å². The van der Waals surface area contributed by atoms with E-state index in [4.69, 9.17) is 4.74 Å². The second-order valence-electron chi connectivity index (χ2n) is 7.21. The predicted molar refractivity (Wildman–Crippen MR) is 97.9 cm³/mol. The van der Waals surface area contributed by atoms with Crippen LogP contribution in [0.2, 0.25) is 0 Å². The number of carbonyl (C=O) groups excluding carboxylic acids is 3. The van der Waals surface area contributed by atoms with Gasteiger partial charge in [0.2, 0.25) is 5.91 Å². The molecule has 2 amide bonds. The molecule has 0 radical (unpaired) electrons. The predicted octanol–water partition coefficient (Wildman–Crippen LogP) is 2.67. The van der Waals surface area contributed by atoms with Gasteiger partial charge in [-0.05, 0) is 43.4 Å². The van der Waals surface area contributed by atoms with Crippen LogP contribution in [-0.2, 0) is 14.3 Å². The molecule has 1 aromatic carbocycles. The van der Waals surface area contributed by atoms with Crippen molar-refractivity contribution in [3.8, 4) is 0 Å². The van der Waals surface area contributed by atoms with Gasteiger partial charge < -0.3 is 15.0 Å². The first-order valence-electron chi connectivity index (χ1n) is 9.41. The van der Waals surface area contributed by atoms with Crippen LogP contribution in [0.3, 0.4) is 0 Å². The highest BCUT2D eigenvalue weighted by atomic mass is 16.5. The molecule has 0 spiro atoms. The maximum atomic E-state index is 12.2. The van der Waals surface area contributed by atoms with Crippen LogP contribution in [0.25, 0.3) is 0 Å². The fraction of sp³-hybridized carbons (Fsp3) is 0.550. The number of benzene rings is 1. The van der Waals surface area contributed by atoms with Crippen molar-refractivity contribution in [2.45, 2.75) is 51.5 Å². The van der Waals surface area contributed by atoms with Crippen LogP contribution in [0.15, 0.2) is 24.3 Å². The van der Waals surface area contributed by atoms with Crippen molar-refractivity contribution in [2.75, 3.05) is 18.1 Å². The molecule has 2 fully saturated rings. The number of anilines is 1. The van der Waals surface area contributed by atoms with Crippen LogP contribution in [0.1, 0.15) is 55.8 Å². The number of hydrogen-bond donors (Lipinski definition) is 1. The molecule has 0 unspecified atom stereocenters. The largest absolute Gasteiger partial charge is 0.452 e. The SMILES string of the molecule is C[C@H]1CCCC[C@@H]1NC(=O)COC(=O)c1cccc(N2CCCC2=O)c1. The van der Waals surface area contributed by atoms with E-state index in [9.17, 15) is 14.4 Å². The maximum absolute atomic E-state index is 12.2. The molecule has 26 heavy (non-hydrogen) atoms. The number of nitrogens with one attached hydrogen (secondary N) is 1. The van der Waals surface area contributed by atoms with E-state index in [0.29, 0.717) is 30.1 Å². The lowest BCUT2D eigenvalue weighted by Crippen LogP contribution is -2.42. The van der Waals surface area contributed by atoms with Crippen molar-refractivity contribution in [1.29, 1.82) is 0 Å². The molecular weight excluding hydrogens is 332 g/mol. The lowest BCUT2D eigenvalue weighted by Gasteiger charge is -2.29. The van der Waals surface area contributed by atoms with Crippen molar-refractivity contribution < 1.29 is 19.1 Å². The van der Waals surface area contributed by atoms with Crippen molar-refractivity contribution >= 4 is 23.5 Å². The van der Waals surface area contributed by atoms with E-state index in [1.54, 1.807) is 29.2 Å². The van der Waals surface area contributed by atoms with Crippen LogP contribution in [0, 0.1) is 5.92 Å². The van der Waals surface area contributed by atoms with Crippen molar-refractivity contribution in [1.82, 2.24) is 5.32 Å². The van der Waals surface area contributed by atoms with Gasteiger partial charge in [-0.2, -0.15) is 0 Å². The zero-order chi connectivity index (χ0) is 18.5. The van der Waals surface area contributed by atoms with Crippen molar-refractivity contribution in [2.24, 2.45) is 5.92 Å². The number of hydrogen-bond acceptors (Lipinski definition) is 4. The standard InChI is InChI=1S/C20H26N2O4/c1-14-6-2-3-9-17(14)21-18(23)13-26-20(25)15-7-4-8-16(12-15)22-11-5-10-19(22)24/h4,7-8,12,14,17H,2-3,5-6,9-11,13H2,1H3,(H,21,23)/t14-,17-/m0/s1. The molecule has 140 valence electrons. The van der Waals surface area contributed by atoms with Crippen LogP contribution in [0.5, 0.6) is 0 Å². The molecule has 1 aromatic rings. The van der Waals surface area contributed by atoms with Gasteiger partial charge in [-0.3, -0.25) is 9.59 Å². The minimum Gasteiger partial charge on any atom is -0.452 e. The van der Waals surface area contributed by atoms with E-state index in [1.807, 2.05) is 0 Å². The average molecular weight is 358 g/mol. The molecule has 1 N–H and O–H groups in total. The number of amides is 2. The fourth-order valence-corrected chi connectivity index (χ4v) is 3.72. The maximum Gasteiger partial charge on any atom is 0.338 e. The molecule has 1 aliphatic carbocycles. The Kier molecular flexibility index (Phi) is 5.91. The first-order valence-corrected chi connectivity index (χ1v) is 9.41. The summed E-state index contributed by atoms with van der Waals surface area (Å²) in [4.78, 5) is 37.8. The first-order chi connectivity index (χ1) is 12.5. The van der Waals surface area contributed by atoms with E-state index in [-0.39, 0.29) is 24.5 Å². The minimum atomic E-state index is -0.551. The van der Waals surface area contributed by atoms with Gasteiger partial charge in [0.1, 0.15) is 0 Å². The molecule has 0 bridgehead atoms. The Morgan fingerprint density at radius 1 is 1.23 bits per heavy atom. The van der Waals surface area contributed by atoms with Gasteiger partial charge in [-0.15, -0.1) is 0 Å². The van der Waals surface area contributed by atoms with Gasteiger partial charge in [0.15, 0.2) is 6.61 Å². The van der Waals surface area contributed by atoms with Crippen molar-refractivity contribution in [3.63, 3.8) is 0 Å². The second kappa shape index (κ2) is 8.34. The van der Waals surface area contributed by atoms with Gasteiger partial charge in [0, 0.05) is 24.7 Å². The summed E-state index contributed by atoms with van der Waals surface area (Å²) >= 11 is 0.